The van der Waals surface area contributed by atoms with E-state index in [2.05, 4.69) is 4.72 Å². The highest BCUT2D eigenvalue weighted by Gasteiger charge is 2.23. The van der Waals surface area contributed by atoms with Crippen LogP contribution in [-0.4, -0.2) is 21.6 Å². The second-order valence-electron chi connectivity index (χ2n) is 7.63. The molecular formula is C22H27NO4S. The van der Waals surface area contributed by atoms with E-state index < -0.39 is 10.0 Å². The van der Waals surface area contributed by atoms with E-state index in [9.17, 15) is 8.42 Å². The minimum atomic E-state index is -3.74. The first kappa shape index (κ1) is 19.1. The summed E-state index contributed by atoms with van der Waals surface area (Å²) in [6.07, 6.45) is 9.00. The molecule has 0 aromatic heterocycles. The lowest BCUT2D eigenvalue weighted by atomic mass is 9.92. The SMILES string of the molecule is COc1cc2c(cc1S(=O)(=O)Nc1ccc(OC3CCCC3)cc1)CCCC2. The minimum absolute atomic E-state index is 0.196. The van der Waals surface area contributed by atoms with Gasteiger partial charge in [0, 0.05) is 5.69 Å². The van der Waals surface area contributed by atoms with Gasteiger partial charge in [0.15, 0.2) is 0 Å². The number of methoxy groups -OCH3 is 1. The van der Waals surface area contributed by atoms with E-state index in [1.807, 2.05) is 18.2 Å². The summed E-state index contributed by atoms with van der Waals surface area (Å²) in [6.45, 7) is 0. The predicted octanol–water partition coefficient (Wildman–Crippen LogP) is 4.70. The Morgan fingerprint density at radius 2 is 1.57 bits per heavy atom. The van der Waals surface area contributed by atoms with Crippen molar-refractivity contribution in [2.45, 2.75) is 62.4 Å². The van der Waals surface area contributed by atoms with Gasteiger partial charge in [0.25, 0.3) is 10.0 Å². The number of ether oxygens (including phenoxy) is 2. The molecule has 2 aliphatic rings. The molecule has 2 aliphatic carbocycles. The maximum atomic E-state index is 13.0. The molecule has 6 heteroatoms. The Hall–Kier alpha value is -2.21. The van der Waals surface area contributed by atoms with Crippen molar-refractivity contribution in [3.63, 3.8) is 0 Å². The second kappa shape index (κ2) is 8.03. The van der Waals surface area contributed by atoms with Gasteiger partial charge in [-0.1, -0.05) is 0 Å². The molecular weight excluding hydrogens is 374 g/mol. The van der Waals surface area contributed by atoms with Gasteiger partial charge < -0.3 is 9.47 Å². The molecule has 1 saturated carbocycles. The summed E-state index contributed by atoms with van der Waals surface area (Å²) in [5, 5.41) is 0. The third-order valence-electron chi connectivity index (χ3n) is 5.63. The maximum Gasteiger partial charge on any atom is 0.265 e. The van der Waals surface area contributed by atoms with Crippen LogP contribution in [0.15, 0.2) is 41.3 Å². The van der Waals surface area contributed by atoms with Gasteiger partial charge in [-0.2, -0.15) is 0 Å². The van der Waals surface area contributed by atoms with Crippen LogP contribution in [0.4, 0.5) is 5.69 Å². The van der Waals surface area contributed by atoms with Gasteiger partial charge >= 0.3 is 0 Å². The fraction of sp³-hybridized carbons (Fsp3) is 0.455. The third kappa shape index (κ3) is 4.12. The molecule has 2 aromatic carbocycles. The number of nitrogens with one attached hydrogen (secondary N) is 1. The van der Waals surface area contributed by atoms with E-state index >= 15 is 0 Å². The lowest BCUT2D eigenvalue weighted by molar-refractivity contribution is 0.210. The minimum Gasteiger partial charge on any atom is -0.495 e. The van der Waals surface area contributed by atoms with E-state index in [1.165, 1.54) is 25.5 Å². The molecule has 0 aliphatic heterocycles. The van der Waals surface area contributed by atoms with Crippen LogP contribution in [0.2, 0.25) is 0 Å². The van der Waals surface area contributed by atoms with E-state index in [0.717, 1.165) is 49.8 Å². The average molecular weight is 402 g/mol. The van der Waals surface area contributed by atoms with E-state index in [4.69, 9.17) is 9.47 Å². The van der Waals surface area contributed by atoms with Crippen molar-refractivity contribution in [1.82, 2.24) is 0 Å². The molecule has 1 N–H and O–H groups in total. The number of fused-ring (bicyclic) bond motifs is 1. The van der Waals surface area contributed by atoms with Gasteiger partial charge in [-0.15, -0.1) is 0 Å². The van der Waals surface area contributed by atoms with E-state index in [1.54, 1.807) is 18.2 Å². The summed E-state index contributed by atoms with van der Waals surface area (Å²) < 4.78 is 40.0. The van der Waals surface area contributed by atoms with E-state index in [-0.39, 0.29) is 11.0 Å². The van der Waals surface area contributed by atoms with Crippen LogP contribution in [0.3, 0.4) is 0 Å². The van der Waals surface area contributed by atoms with Crippen molar-refractivity contribution in [3.8, 4) is 11.5 Å². The zero-order valence-corrected chi connectivity index (χ0v) is 17.1. The third-order valence-corrected chi connectivity index (χ3v) is 7.03. The van der Waals surface area contributed by atoms with Crippen LogP contribution >= 0.6 is 0 Å². The maximum absolute atomic E-state index is 13.0. The molecule has 1 fully saturated rings. The Morgan fingerprint density at radius 3 is 2.21 bits per heavy atom. The van der Waals surface area contributed by atoms with Crippen molar-refractivity contribution >= 4 is 15.7 Å². The fourth-order valence-corrected chi connectivity index (χ4v) is 5.38. The standard InChI is InChI=1S/C22H27NO4S/c1-26-21-14-16-6-2-3-7-17(16)15-22(21)28(24,25)23-18-10-12-20(13-11-18)27-19-8-4-5-9-19/h10-15,19,23H,2-9H2,1H3. The second-order valence-corrected chi connectivity index (χ2v) is 9.28. The van der Waals surface area contributed by atoms with Gasteiger partial charge in [-0.3, -0.25) is 4.72 Å². The summed E-state index contributed by atoms with van der Waals surface area (Å²) in [7, 11) is -2.23. The first-order valence-electron chi connectivity index (χ1n) is 10.0. The van der Waals surface area contributed by atoms with Gasteiger partial charge in [0.1, 0.15) is 16.4 Å². The molecule has 0 heterocycles. The molecule has 0 spiro atoms. The molecule has 0 saturated heterocycles. The molecule has 0 radical (unpaired) electrons. The molecule has 150 valence electrons. The van der Waals surface area contributed by atoms with Gasteiger partial charge in [-0.25, -0.2) is 8.42 Å². The summed E-state index contributed by atoms with van der Waals surface area (Å²) in [4.78, 5) is 0.196. The summed E-state index contributed by atoms with van der Waals surface area (Å²) in [5.74, 6) is 1.18. The number of sulfonamides is 1. The van der Waals surface area contributed by atoms with Crippen LogP contribution in [-0.2, 0) is 22.9 Å². The zero-order chi connectivity index (χ0) is 19.6. The molecule has 0 amide bonds. The average Bonchev–Trinajstić information content (AvgIpc) is 3.21. The smallest absolute Gasteiger partial charge is 0.265 e. The number of anilines is 1. The molecule has 28 heavy (non-hydrogen) atoms. The highest BCUT2D eigenvalue weighted by atomic mass is 32.2. The van der Waals surface area contributed by atoms with Crippen molar-refractivity contribution in [3.05, 3.63) is 47.5 Å². The van der Waals surface area contributed by atoms with Gasteiger partial charge in [0.2, 0.25) is 0 Å². The summed E-state index contributed by atoms with van der Waals surface area (Å²) >= 11 is 0. The Bertz CT molecular complexity index is 932. The highest BCUT2D eigenvalue weighted by Crippen LogP contribution is 2.33. The number of hydrogen-bond donors (Lipinski definition) is 1. The first-order valence-corrected chi connectivity index (χ1v) is 11.5. The van der Waals surface area contributed by atoms with Crippen LogP contribution in [0.1, 0.15) is 49.7 Å². The number of rotatable bonds is 6. The van der Waals surface area contributed by atoms with Crippen LogP contribution in [0.25, 0.3) is 0 Å². The molecule has 0 unspecified atom stereocenters. The van der Waals surface area contributed by atoms with Crippen molar-refractivity contribution < 1.29 is 17.9 Å². The summed E-state index contributed by atoms with van der Waals surface area (Å²) in [5.41, 5.74) is 2.81. The highest BCUT2D eigenvalue weighted by molar-refractivity contribution is 7.92. The van der Waals surface area contributed by atoms with Crippen LogP contribution < -0.4 is 14.2 Å². The van der Waals surface area contributed by atoms with Crippen molar-refractivity contribution in [2.75, 3.05) is 11.8 Å². The van der Waals surface area contributed by atoms with Crippen molar-refractivity contribution in [1.29, 1.82) is 0 Å². The Balaban J connectivity index is 1.53. The monoisotopic (exact) mass is 401 g/mol. The zero-order valence-electron chi connectivity index (χ0n) is 16.2. The Labute approximate surface area is 167 Å². The molecule has 0 bridgehead atoms. The Morgan fingerprint density at radius 1 is 0.929 bits per heavy atom. The topological polar surface area (TPSA) is 64.6 Å². The number of hydrogen-bond acceptors (Lipinski definition) is 4. The lowest BCUT2D eigenvalue weighted by Crippen LogP contribution is -2.16. The normalized spacial score (nSPS) is 17.2. The predicted molar refractivity (Wildman–Crippen MR) is 110 cm³/mol. The number of benzene rings is 2. The summed E-state index contributed by atoms with van der Waals surface area (Å²) in [6, 6.07) is 10.8. The van der Waals surface area contributed by atoms with Gasteiger partial charge in [0.05, 0.1) is 13.2 Å². The first-order chi connectivity index (χ1) is 13.5. The molecule has 5 nitrogen and oxygen atoms in total. The number of aryl methyl sites for hydroxylation is 2. The van der Waals surface area contributed by atoms with Crippen molar-refractivity contribution in [2.24, 2.45) is 0 Å². The molecule has 4 rings (SSSR count). The lowest BCUT2D eigenvalue weighted by Gasteiger charge is -2.19. The van der Waals surface area contributed by atoms with Gasteiger partial charge in [-0.05, 0) is 98.9 Å². The fourth-order valence-electron chi connectivity index (χ4n) is 4.12. The largest absolute Gasteiger partial charge is 0.495 e. The molecule has 0 atom stereocenters. The van der Waals surface area contributed by atoms with Crippen LogP contribution in [0.5, 0.6) is 11.5 Å². The van der Waals surface area contributed by atoms with E-state index in [0.29, 0.717) is 11.4 Å². The Kier molecular flexibility index (Phi) is 5.49. The molecule has 2 aromatic rings. The van der Waals surface area contributed by atoms with Crippen LogP contribution in [0, 0.1) is 0 Å². The quantitative estimate of drug-likeness (QED) is 0.762.